The van der Waals surface area contributed by atoms with Crippen LogP contribution >= 0.6 is 11.6 Å². The second kappa shape index (κ2) is 8.59. The largest absolute Gasteiger partial charge is 0.487 e. The SMILES string of the molecule is Clc1cc(-c2nc(CC3CCCNC3)co2)ccc1OCc1ccccc1. The highest BCUT2D eigenvalue weighted by Gasteiger charge is 2.16. The number of benzene rings is 2. The van der Waals surface area contributed by atoms with Crippen molar-refractivity contribution in [3.8, 4) is 17.2 Å². The standard InChI is InChI=1S/C22H23ClN2O2/c23-20-12-18(8-9-21(20)26-14-16-5-2-1-3-6-16)22-25-19(15-27-22)11-17-7-4-10-24-13-17/h1-3,5-6,8-9,12,15,17,24H,4,7,10-11,13-14H2. The second-order valence-electron chi connectivity index (χ2n) is 6.98. The molecule has 0 saturated carbocycles. The number of rotatable bonds is 6. The first-order valence-electron chi connectivity index (χ1n) is 9.40. The van der Waals surface area contributed by atoms with Gasteiger partial charge in [0.2, 0.25) is 5.89 Å². The zero-order valence-electron chi connectivity index (χ0n) is 15.2. The molecular formula is C22H23ClN2O2. The summed E-state index contributed by atoms with van der Waals surface area (Å²) in [4.78, 5) is 4.65. The number of halogens is 1. The molecule has 1 aliphatic heterocycles. The minimum Gasteiger partial charge on any atom is -0.487 e. The number of nitrogens with one attached hydrogen (secondary N) is 1. The van der Waals surface area contributed by atoms with Crippen molar-refractivity contribution in [3.63, 3.8) is 0 Å². The van der Waals surface area contributed by atoms with Crippen molar-refractivity contribution in [2.75, 3.05) is 13.1 Å². The van der Waals surface area contributed by atoms with Crippen LogP contribution in [0, 0.1) is 5.92 Å². The van der Waals surface area contributed by atoms with Crippen molar-refractivity contribution in [3.05, 3.63) is 71.1 Å². The van der Waals surface area contributed by atoms with Gasteiger partial charge in [-0.15, -0.1) is 0 Å². The molecule has 1 aliphatic rings. The molecule has 1 atom stereocenters. The first kappa shape index (κ1) is 18.1. The Morgan fingerprint density at radius 1 is 1.19 bits per heavy atom. The molecule has 0 spiro atoms. The van der Waals surface area contributed by atoms with Crippen molar-refractivity contribution in [2.24, 2.45) is 5.92 Å². The summed E-state index contributed by atoms with van der Waals surface area (Å²) in [5.41, 5.74) is 2.96. The van der Waals surface area contributed by atoms with Crippen LogP contribution in [0.4, 0.5) is 0 Å². The van der Waals surface area contributed by atoms with Gasteiger partial charge in [-0.25, -0.2) is 4.98 Å². The Hall–Kier alpha value is -2.30. The van der Waals surface area contributed by atoms with Crippen LogP contribution in [-0.2, 0) is 13.0 Å². The highest BCUT2D eigenvalue weighted by molar-refractivity contribution is 6.32. The van der Waals surface area contributed by atoms with E-state index in [0.29, 0.717) is 29.2 Å². The molecule has 0 aliphatic carbocycles. The lowest BCUT2D eigenvalue weighted by Gasteiger charge is -2.21. The minimum absolute atomic E-state index is 0.485. The first-order chi connectivity index (χ1) is 13.3. The lowest BCUT2D eigenvalue weighted by Crippen LogP contribution is -2.30. The maximum Gasteiger partial charge on any atom is 0.226 e. The van der Waals surface area contributed by atoms with Gasteiger partial charge in [0.15, 0.2) is 0 Å². The molecule has 4 rings (SSSR count). The first-order valence-corrected chi connectivity index (χ1v) is 9.77. The maximum atomic E-state index is 6.41. The number of ether oxygens (including phenoxy) is 1. The van der Waals surface area contributed by atoms with Gasteiger partial charge < -0.3 is 14.5 Å². The molecule has 4 nitrogen and oxygen atoms in total. The number of nitrogens with zero attached hydrogens (tertiary/aromatic N) is 1. The fraction of sp³-hybridized carbons (Fsp3) is 0.318. The topological polar surface area (TPSA) is 47.3 Å². The molecule has 5 heteroatoms. The summed E-state index contributed by atoms with van der Waals surface area (Å²) in [5, 5.41) is 4.00. The Bertz CT molecular complexity index is 873. The molecule has 1 saturated heterocycles. The minimum atomic E-state index is 0.485. The summed E-state index contributed by atoms with van der Waals surface area (Å²) in [5.74, 6) is 1.89. The van der Waals surface area contributed by atoms with Crippen LogP contribution in [0.3, 0.4) is 0 Å². The fourth-order valence-electron chi connectivity index (χ4n) is 3.41. The van der Waals surface area contributed by atoms with Crippen molar-refractivity contribution >= 4 is 11.6 Å². The average molecular weight is 383 g/mol. The zero-order valence-corrected chi connectivity index (χ0v) is 15.9. The summed E-state index contributed by atoms with van der Waals surface area (Å²) in [6.45, 7) is 2.66. The predicted octanol–water partition coefficient (Wildman–Crippen LogP) is 5.12. The predicted molar refractivity (Wildman–Crippen MR) is 107 cm³/mol. The maximum absolute atomic E-state index is 6.41. The molecule has 27 heavy (non-hydrogen) atoms. The van der Waals surface area contributed by atoms with Gasteiger partial charge >= 0.3 is 0 Å². The molecule has 1 fully saturated rings. The normalized spacial score (nSPS) is 17.0. The molecule has 1 aromatic heterocycles. The van der Waals surface area contributed by atoms with Gasteiger partial charge in [-0.05, 0) is 62.0 Å². The molecule has 0 amide bonds. The quantitative estimate of drug-likeness (QED) is 0.643. The molecule has 2 heterocycles. The van der Waals surface area contributed by atoms with Crippen molar-refractivity contribution in [2.45, 2.75) is 25.9 Å². The summed E-state index contributed by atoms with van der Waals surface area (Å²) in [6.07, 6.45) is 5.18. The monoisotopic (exact) mass is 382 g/mol. The van der Waals surface area contributed by atoms with Gasteiger partial charge in [-0.1, -0.05) is 41.9 Å². The number of aromatic nitrogens is 1. The highest BCUT2D eigenvalue weighted by atomic mass is 35.5. The van der Waals surface area contributed by atoms with E-state index in [1.165, 1.54) is 12.8 Å². The average Bonchev–Trinajstić information content (AvgIpc) is 3.17. The van der Waals surface area contributed by atoms with E-state index in [1.54, 1.807) is 6.26 Å². The van der Waals surface area contributed by atoms with Crippen LogP contribution < -0.4 is 10.1 Å². The van der Waals surface area contributed by atoms with E-state index >= 15 is 0 Å². The summed E-state index contributed by atoms with van der Waals surface area (Å²) < 4.78 is 11.5. The lowest BCUT2D eigenvalue weighted by atomic mass is 9.95. The van der Waals surface area contributed by atoms with Gasteiger partial charge in [0, 0.05) is 5.56 Å². The van der Waals surface area contributed by atoms with E-state index in [4.69, 9.17) is 20.8 Å². The Labute approximate surface area is 164 Å². The van der Waals surface area contributed by atoms with Crippen LogP contribution in [0.5, 0.6) is 5.75 Å². The molecule has 1 unspecified atom stereocenters. The van der Waals surface area contributed by atoms with Gasteiger partial charge in [-0.2, -0.15) is 0 Å². The fourth-order valence-corrected chi connectivity index (χ4v) is 3.65. The van der Waals surface area contributed by atoms with E-state index in [9.17, 15) is 0 Å². The Kier molecular flexibility index (Phi) is 5.75. The van der Waals surface area contributed by atoms with E-state index in [1.807, 2.05) is 48.5 Å². The van der Waals surface area contributed by atoms with Gasteiger partial charge in [0.1, 0.15) is 18.6 Å². The van der Waals surface area contributed by atoms with Crippen LogP contribution in [0.25, 0.3) is 11.5 Å². The number of piperidine rings is 1. The number of oxazole rings is 1. The third-order valence-corrected chi connectivity index (χ3v) is 5.16. The third-order valence-electron chi connectivity index (χ3n) is 4.86. The molecular weight excluding hydrogens is 360 g/mol. The zero-order chi connectivity index (χ0) is 18.5. The van der Waals surface area contributed by atoms with Crippen molar-refractivity contribution in [1.29, 1.82) is 0 Å². The summed E-state index contributed by atoms with van der Waals surface area (Å²) >= 11 is 6.41. The van der Waals surface area contributed by atoms with E-state index in [-0.39, 0.29) is 0 Å². The van der Waals surface area contributed by atoms with Crippen LogP contribution in [-0.4, -0.2) is 18.1 Å². The van der Waals surface area contributed by atoms with Gasteiger partial charge in [-0.3, -0.25) is 0 Å². The molecule has 140 valence electrons. The third kappa shape index (κ3) is 4.71. The summed E-state index contributed by atoms with van der Waals surface area (Å²) in [6, 6.07) is 15.7. The van der Waals surface area contributed by atoms with E-state index in [2.05, 4.69) is 10.3 Å². The molecule has 2 aromatic carbocycles. The number of hydrogen-bond acceptors (Lipinski definition) is 4. The second-order valence-corrected chi connectivity index (χ2v) is 7.39. The van der Waals surface area contributed by atoms with E-state index < -0.39 is 0 Å². The van der Waals surface area contributed by atoms with Crippen LogP contribution in [0.2, 0.25) is 5.02 Å². The Morgan fingerprint density at radius 2 is 2.07 bits per heavy atom. The van der Waals surface area contributed by atoms with Crippen LogP contribution in [0.15, 0.2) is 59.2 Å². The molecule has 3 aromatic rings. The van der Waals surface area contributed by atoms with E-state index in [0.717, 1.165) is 36.3 Å². The van der Waals surface area contributed by atoms with Crippen molar-refractivity contribution < 1.29 is 9.15 Å². The lowest BCUT2D eigenvalue weighted by molar-refractivity contribution is 0.306. The Balaban J connectivity index is 1.41. The molecule has 0 bridgehead atoms. The van der Waals surface area contributed by atoms with Crippen molar-refractivity contribution in [1.82, 2.24) is 10.3 Å². The van der Waals surface area contributed by atoms with Crippen LogP contribution in [0.1, 0.15) is 24.1 Å². The Morgan fingerprint density at radius 3 is 2.85 bits per heavy atom. The molecule has 1 N–H and O–H groups in total. The highest BCUT2D eigenvalue weighted by Crippen LogP contribution is 2.31. The smallest absolute Gasteiger partial charge is 0.226 e. The van der Waals surface area contributed by atoms with Gasteiger partial charge in [0.25, 0.3) is 0 Å². The summed E-state index contributed by atoms with van der Waals surface area (Å²) in [7, 11) is 0. The van der Waals surface area contributed by atoms with Gasteiger partial charge in [0.05, 0.1) is 10.7 Å². The molecule has 0 radical (unpaired) electrons. The number of hydrogen-bond donors (Lipinski definition) is 1.